The summed E-state index contributed by atoms with van der Waals surface area (Å²) in [4.78, 5) is 0. The van der Waals surface area contributed by atoms with Crippen molar-refractivity contribution < 1.29 is 8.76 Å². The fraction of sp³-hybridized carbons (Fsp3) is 1.00. The van der Waals surface area contributed by atoms with Crippen molar-refractivity contribution in [1.29, 1.82) is 0 Å². The molecule has 0 saturated heterocycles. The SMILES string of the molecule is CCCC(NSC)NS(=O)O. The number of nitrogens with one attached hydrogen (secondary N) is 2. The van der Waals surface area contributed by atoms with Gasteiger partial charge in [0.25, 0.3) is 0 Å². The van der Waals surface area contributed by atoms with Crippen LogP contribution in [0.1, 0.15) is 19.8 Å². The topological polar surface area (TPSA) is 61.4 Å². The molecule has 3 N–H and O–H groups in total. The summed E-state index contributed by atoms with van der Waals surface area (Å²) in [5, 5.41) is 0. The van der Waals surface area contributed by atoms with Crippen LogP contribution < -0.4 is 9.44 Å². The molecule has 68 valence electrons. The Hall–Kier alpha value is 0.380. The van der Waals surface area contributed by atoms with Crippen LogP contribution in [0.15, 0.2) is 0 Å². The molecule has 0 aromatic rings. The van der Waals surface area contributed by atoms with Crippen molar-refractivity contribution >= 4 is 23.2 Å². The van der Waals surface area contributed by atoms with Crippen LogP contribution in [0.4, 0.5) is 0 Å². The zero-order valence-electron chi connectivity index (χ0n) is 6.66. The average Bonchev–Trinajstić information content (AvgIpc) is 1.87. The van der Waals surface area contributed by atoms with Crippen molar-refractivity contribution in [3.05, 3.63) is 0 Å². The van der Waals surface area contributed by atoms with Gasteiger partial charge in [-0.15, -0.1) is 0 Å². The standard InChI is InChI=1S/C5H14N2O2S2/c1-3-4-5(6-10-2)7-11(8)9/h5-7H,3-4H2,1-2H3,(H,8,9). The maximum Gasteiger partial charge on any atom is 0.233 e. The van der Waals surface area contributed by atoms with Crippen LogP contribution in [0.2, 0.25) is 0 Å². The van der Waals surface area contributed by atoms with E-state index in [1.807, 2.05) is 13.2 Å². The Kier molecular flexibility index (Phi) is 7.30. The Bertz CT molecular complexity index is 117. The first-order valence-corrected chi connectivity index (χ1v) is 5.69. The van der Waals surface area contributed by atoms with Crippen LogP contribution in [0.3, 0.4) is 0 Å². The van der Waals surface area contributed by atoms with Gasteiger partial charge in [-0.2, -0.15) is 4.72 Å². The molecule has 0 aromatic carbocycles. The third-order valence-corrected chi connectivity index (χ3v) is 2.09. The average molecular weight is 198 g/mol. The van der Waals surface area contributed by atoms with Gasteiger partial charge in [0.05, 0.1) is 6.17 Å². The Morgan fingerprint density at radius 2 is 2.36 bits per heavy atom. The Balaban J connectivity index is 3.59. The summed E-state index contributed by atoms with van der Waals surface area (Å²) in [5.41, 5.74) is 0. The lowest BCUT2D eigenvalue weighted by Gasteiger charge is -2.14. The van der Waals surface area contributed by atoms with Gasteiger partial charge in [0.2, 0.25) is 11.3 Å². The van der Waals surface area contributed by atoms with Gasteiger partial charge < -0.3 is 0 Å². The van der Waals surface area contributed by atoms with Crippen LogP contribution in [-0.2, 0) is 11.3 Å². The van der Waals surface area contributed by atoms with Crippen molar-refractivity contribution in [2.75, 3.05) is 6.26 Å². The first kappa shape index (κ1) is 11.4. The second-order valence-electron chi connectivity index (χ2n) is 2.03. The maximum atomic E-state index is 10.3. The molecule has 0 radical (unpaired) electrons. The second-order valence-corrected chi connectivity index (χ2v) is 3.41. The molecule has 11 heavy (non-hydrogen) atoms. The van der Waals surface area contributed by atoms with Crippen molar-refractivity contribution in [3.8, 4) is 0 Å². The van der Waals surface area contributed by atoms with E-state index in [0.717, 1.165) is 12.8 Å². The van der Waals surface area contributed by atoms with Crippen LogP contribution in [0.25, 0.3) is 0 Å². The third-order valence-electron chi connectivity index (χ3n) is 1.08. The van der Waals surface area contributed by atoms with E-state index in [1.54, 1.807) is 0 Å². The van der Waals surface area contributed by atoms with Gasteiger partial charge in [-0.3, -0.25) is 4.55 Å². The van der Waals surface area contributed by atoms with Gasteiger partial charge in [-0.05, 0) is 12.7 Å². The Labute approximate surface area is 74.1 Å². The first-order chi connectivity index (χ1) is 5.20. The van der Waals surface area contributed by atoms with E-state index in [0.29, 0.717) is 0 Å². The van der Waals surface area contributed by atoms with Crippen molar-refractivity contribution in [2.24, 2.45) is 0 Å². The molecule has 0 amide bonds. The fourth-order valence-corrected chi connectivity index (χ4v) is 1.65. The molecule has 0 heterocycles. The number of hydrogen-bond donors (Lipinski definition) is 3. The Morgan fingerprint density at radius 3 is 2.73 bits per heavy atom. The van der Waals surface area contributed by atoms with Crippen LogP contribution >= 0.6 is 11.9 Å². The highest BCUT2D eigenvalue weighted by Crippen LogP contribution is 1.97. The molecule has 0 aliphatic heterocycles. The minimum absolute atomic E-state index is 0.0826. The van der Waals surface area contributed by atoms with E-state index in [2.05, 4.69) is 9.44 Å². The third kappa shape index (κ3) is 6.77. The van der Waals surface area contributed by atoms with E-state index < -0.39 is 11.3 Å². The van der Waals surface area contributed by atoms with Gasteiger partial charge in [0.15, 0.2) is 0 Å². The van der Waals surface area contributed by atoms with E-state index in [-0.39, 0.29) is 6.17 Å². The maximum absolute atomic E-state index is 10.3. The monoisotopic (exact) mass is 198 g/mol. The molecule has 0 aliphatic carbocycles. The highest BCUT2D eigenvalue weighted by molar-refractivity contribution is 7.96. The summed E-state index contributed by atoms with van der Waals surface area (Å²) in [6.45, 7) is 2.02. The van der Waals surface area contributed by atoms with E-state index >= 15 is 0 Å². The molecule has 0 bridgehead atoms. The van der Waals surface area contributed by atoms with E-state index in [1.165, 1.54) is 11.9 Å². The molecule has 0 spiro atoms. The summed E-state index contributed by atoms with van der Waals surface area (Å²) >= 11 is -0.491. The second kappa shape index (κ2) is 7.05. The van der Waals surface area contributed by atoms with Crippen molar-refractivity contribution in [1.82, 2.24) is 9.44 Å². The molecule has 0 aromatic heterocycles. The summed E-state index contributed by atoms with van der Waals surface area (Å²) < 4.78 is 24.2. The highest BCUT2D eigenvalue weighted by atomic mass is 32.2. The van der Waals surface area contributed by atoms with Crippen LogP contribution in [0, 0.1) is 0 Å². The Morgan fingerprint density at radius 1 is 1.73 bits per heavy atom. The minimum Gasteiger partial charge on any atom is -0.294 e. The summed E-state index contributed by atoms with van der Waals surface area (Å²) in [5.74, 6) is 0. The summed E-state index contributed by atoms with van der Waals surface area (Å²) in [6.07, 6.45) is 3.61. The lowest BCUT2D eigenvalue weighted by molar-refractivity contribution is 0.497. The van der Waals surface area contributed by atoms with Gasteiger partial charge >= 0.3 is 0 Å². The predicted molar refractivity (Wildman–Crippen MR) is 49.3 cm³/mol. The predicted octanol–water partition coefficient (Wildman–Crippen LogP) is 0.706. The molecule has 2 atom stereocenters. The molecular formula is C5H14N2O2S2. The molecule has 6 heteroatoms. The van der Waals surface area contributed by atoms with Crippen molar-refractivity contribution in [2.45, 2.75) is 25.9 Å². The minimum atomic E-state index is -1.92. The molecular weight excluding hydrogens is 184 g/mol. The van der Waals surface area contributed by atoms with Gasteiger partial charge in [0, 0.05) is 0 Å². The zero-order valence-corrected chi connectivity index (χ0v) is 8.30. The van der Waals surface area contributed by atoms with Gasteiger partial charge in [-0.25, -0.2) is 8.93 Å². The zero-order chi connectivity index (χ0) is 8.69. The smallest absolute Gasteiger partial charge is 0.233 e. The van der Waals surface area contributed by atoms with E-state index in [9.17, 15) is 4.21 Å². The fourth-order valence-electron chi connectivity index (χ4n) is 0.695. The molecule has 0 fully saturated rings. The summed E-state index contributed by atoms with van der Waals surface area (Å²) in [6, 6.07) is 0. The van der Waals surface area contributed by atoms with E-state index in [4.69, 9.17) is 4.55 Å². The normalized spacial score (nSPS) is 16.3. The first-order valence-electron chi connectivity index (χ1n) is 3.36. The summed E-state index contributed by atoms with van der Waals surface area (Å²) in [7, 11) is 0. The van der Waals surface area contributed by atoms with Gasteiger partial charge in [0.1, 0.15) is 0 Å². The lowest BCUT2D eigenvalue weighted by Crippen LogP contribution is -2.39. The molecule has 4 nitrogen and oxygen atoms in total. The number of rotatable bonds is 6. The number of hydrogen-bond acceptors (Lipinski definition) is 3. The highest BCUT2D eigenvalue weighted by Gasteiger charge is 2.06. The molecule has 0 aliphatic rings. The molecule has 0 saturated carbocycles. The largest absolute Gasteiger partial charge is 0.294 e. The van der Waals surface area contributed by atoms with Crippen LogP contribution in [0.5, 0.6) is 0 Å². The quantitative estimate of drug-likeness (QED) is 0.334. The lowest BCUT2D eigenvalue weighted by atomic mass is 10.3. The van der Waals surface area contributed by atoms with Crippen molar-refractivity contribution in [3.63, 3.8) is 0 Å². The van der Waals surface area contributed by atoms with Crippen LogP contribution in [-0.4, -0.2) is 21.2 Å². The molecule has 0 rings (SSSR count). The van der Waals surface area contributed by atoms with Gasteiger partial charge in [-0.1, -0.05) is 25.3 Å². The molecule has 2 unspecified atom stereocenters.